The second-order valence-electron chi connectivity index (χ2n) is 8.48. The summed E-state index contributed by atoms with van der Waals surface area (Å²) >= 11 is 0. The Kier molecular flexibility index (Phi) is 8.51. The molecule has 31 heavy (non-hydrogen) atoms. The normalized spacial score (nSPS) is 18.7. The summed E-state index contributed by atoms with van der Waals surface area (Å²) in [6.45, 7) is 5.06. The summed E-state index contributed by atoms with van der Waals surface area (Å²) in [7, 11) is 1.84. The van der Waals surface area contributed by atoms with E-state index >= 15 is 0 Å². The Morgan fingerprint density at radius 2 is 1.87 bits per heavy atom. The minimum absolute atomic E-state index is 0.0219. The lowest BCUT2D eigenvalue weighted by Gasteiger charge is -2.42. The smallest absolute Gasteiger partial charge is 0.306 e. The quantitative estimate of drug-likeness (QED) is 0.556. The molecule has 0 spiro atoms. The van der Waals surface area contributed by atoms with E-state index in [1.54, 1.807) is 23.0 Å². The van der Waals surface area contributed by atoms with Gasteiger partial charge in [0.25, 0.3) is 0 Å². The number of nitrogens with zero attached hydrogens (tertiary/aromatic N) is 3. The van der Waals surface area contributed by atoms with Gasteiger partial charge in [-0.1, -0.05) is 12.8 Å². The number of carbonyl (C=O) groups excluding carboxylic acids is 3. The average molecular weight is 434 g/mol. The van der Waals surface area contributed by atoms with E-state index in [1.165, 1.54) is 12.8 Å². The third kappa shape index (κ3) is 6.32. The maximum atomic E-state index is 13.4. The summed E-state index contributed by atoms with van der Waals surface area (Å²) in [4.78, 5) is 43.2. The molecule has 0 radical (unpaired) electrons. The third-order valence-corrected chi connectivity index (χ3v) is 6.36. The zero-order valence-electron chi connectivity index (χ0n) is 18.8. The highest BCUT2D eigenvalue weighted by molar-refractivity contribution is 5.83. The van der Waals surface area contributed by atoms with Crippen LogP contribution in [0.5, 0.6) is 0 Å². The van der Waals surface area contributed by atoms with Crippen LogP contribution in [-0.2, 0) is 25.7 Å². The summed E-state index contributed by atoms with van der Waals surface area (Å²) in [6.07, 6.45) is 6.41. The molecule has 0 aromatic carbocycles. The number of hydrogen-bond donors (Lipinski definition) is 0. The van der Waals surface area contributed by atoms with Crippen molar-refractivity contribution in [3.8, 4) is 0 Å². The summed E-state index contributed by atoms with van der Waals surface area (Å²) in [5, 5.41) is 0. The standard InChI is InChI=1S/C23H35N3O5/c1-3-30-21(28)11-10-20(27)25-12-14-26(15-13-25)22(18-7-4-5-8-18)23(29)24(2)17-19-9-6-16-31-19/h6,9,16,18,22H,3-5,7-8,10-15,17H2,1-2H3. The van der Waals surface area contributed by atoms with Crippen molar-refractivity contribution in [2.24, 2.45) is 5.92 Å². The molecule has 2 fully saturated rings. The topological polar surface area (TPSA) is 83.3 Å². The third-order valence-electron chi connectivity index (χ3n) is 6.36. The van der Waals surface area contributed by atoms with E-state index in [4.69, 9.17) is 9.15 Å². The van der Waals surface area contributed by atoms with Gasteiger partial charge < -0.3 is 19.0 Å². The fourth-order valence-electron chi connectivity index (χ4n) is 4.72. The van der Waals surface area contributed by atoms with Crippen molar-refractivity contribution in [2.75, 3.05) is 39.8 Å². The molecule has 1 saturated heterocycles. The Hall–Kier alpha value is -2.35. The molecular weight excluding hydrogens is 398 g/mol. The highest BCUT2D eigenvalue weighted by atomic mass is 16.5. The van der Waals surface area contributed by atoms with Crippen molar-refractivity contribution in [1.82, 2.24) is 14.7 Å². The van der Waals surface area contributed by atoms with Gasteiger partial charge in [0.15, 0.2) is 0 Å². The molecule has 1 aliphatic heterocycles. The van der Waals surface area contributed by atoms with Gasteiger partial charge >= 0.3 is 5.97 Å². The van der Waals surface area contributed by atoms with E-state index in [0.29, 0.717) is 45.2 Å². The highest BCUT2D eigenvalue weighted by Crippen LogP contribution is 2.32. The van der Waals surface area contributed by atoms with E-state index in [0.717, 1.165) is 18.6 Å². The summed E-state index contributed by atoms with van der Waals surface area (Å²) in [6, 6.07) is 3.56. The molecule has 8 heteroatoms. The van der Waals surface area contributed by atoms with Gasteiger partial charge in [0.1, 0.15) is 5.76 Å². The Labute approximate surface area is 184 Å². The summed E-state index contributed by atoms with van der Waals surface area (Å²) in [5.41, 5.74) is 0. The Balaban J connectivity index is 1.56. The van der Waals surface area contributed by atoms with Gasteiger partial charge in [-0.05, 0) is 37.8 Å². The number of piperazine rings is 1. The lowest BCUT2D eigenvalue weighted by Crippen LogP contribution is -2.58. The zero-order chi connectivity index (χ0) is 22.2. The minimum atomic E-state index is -0.332. The van der Waals surface area contributed by atoms with Crippen LogP contribution in [0, 0.1) is 5.92 Å². The van der Waals surface area contributed by atoms with E-state index in [9.17, 15) is 14.4 Å². The first kappa shape index (κ1) is 23.3. The number of likely N-dealkylation sites (N-methyl/N-ethyl adjacent to an activating group) is 1. The van der Waals surface area contributed by atoms with Gasteiger partial charge in [-0.3, -0.25) is 19.3 Å². The maximum absolute atomic E-state index is 13.4. The number of rotatable bonds is 9. The molecule has 2 aliphatic rings. The van der Waals surface area contributed by atoms with Gasteiger partial charge in [-0.15, -0.1) is 0 Å². The van der Waals surface area contributed by atoms with Crippen LogP contribution in [0.15, 0.2) is 22.8 Å². The molecule has 2 heterocycles. The Bertz CT molecular complexity index is 722. The molecular formula is C23H35N3O5. The largest absolute Gasteiger partial charge is 0.467 e. The molecule has 1 unspecified atom stereocenters. The van der Waals surface area contributed by atoms with Crippen LogP contribution in [0.3, 0.4) is 0 Å². The number of furan rings is 1. The van der Waals surface area contributed by atoms with E-state index < -0.39 is 0 Å². The second kappa shape index (κ2) is 11.3. The fourth-order valence-corrected chi connectivity index (χ4v) is 4.72. The Morgan fingerprint density at radius 1 is 1.16 bits per heavy atom. The van der Waals surface area contributed by atoms with Gasteiger partial charge in [0, 0.05) is 39.6 Å². The first-order valence-electron chi connectivity index (χ1n) is 11.4. The van der Waals surface area contributed by atoms with Gasteiger partial charge in [-0.2, -0.15) is 0 Å². The van der Waals surface area contributed by atoms with Gasteiger partial charge in [0.2, 0.25) is 11.8 Å². The molecule has 1 aromatic rings. The average Bonchev–Trinajstić information content (AvgIpc) is 3.47. The van der Waals surface area contributed by atoms with Crippen molar-refractivity contribution < 1.29 is 23.5 Å². The van der Waals surface area contributed by atoms with Crippen LogP contribution in [0.1, 0.15) is 51.2 Å². The number of amides is 2. The van der Waals surface area contributed by atoms with Crippen LogP contribution in [-0.4, -0.2) is 78.4 Å². The molecule has 2 amide bonds. The van der Waals surface area contributed by atoms with Crippen molar-refractivity contribution in [3.63, 3.8) is 0 Å². The monoisotopic (exact) mass is 433 g/mol. The molecule has 1 aromatic heterocycles. The lowest BCUT2D eigenvalue weighted by atomic mass is 9.94. The van der Waals surface area contributed by atoms with Crippen LogP contribution < -0.4 is 0 Å². The first-order valence-corrected chi connectivity index (χ1v) is 11.4. The van der Waals surface area contributed by atoms with Crippen LogP contribution in [0.25, 0.3) is 0 Å². The van der Waals surface area contributed by atoms with Crippen molar-refractivity contribution in [3.05, 3.63) is 24.2 Å². The molecule has 172 valence electrons. The molecule has 0 bridgehead atoms. The molecule has 8 nitrogen and oxygen atoms in total. The molecule has 0 N–H and O–H groups in total. The maximum Gasteiger partial charge on any atom is 0.306 e. The van der Waals surface area contributed by atoms with Gasteiger partial charge in [-0.25, -0.2) is 0 Å². The predicted molar refractivity (Wildman–Crippen MR) is 115 cm³/mol. The predicted octanol–water partition coefficient (Wildman–Crippen LogP) is 2.28. The lowest BCUT2D eigenvalue weighted by molar-refractivity contribution is -0.147. The fraction of sp³-hybridized carbons (Fsp3) is 0.696. The van der Waals surface area contributed by atoms with Crippen molar-refractivity contribution >= 4 is 17.8 Å². The second-order valence-corrected chi connectivity index (χ2v) is 8.48. The number of hydrogen-bond acceptors (Lipinski definition) is 6. The van der Waals surface area contributed by atoms with E-state index in [2.05, 4.69) is 4.90 Å². The number of ether oxygens (including phenoxy) is 1. The molecule has 1 atom stereocenters. The molecule has 1 aliphatic carbocycles. The van der Waals surface area contributed by atoms with Crippen molar-refractivity contribution in [2.45, 2.75) is 58.0 Å². The zero-order valence-corrected chi connectivity index (χ0v) is 18.8. The van der Waals surface area contributed by atoms with Crippen molar-refractivity contribution in [1.29, 1.82) is 0 Å². The highest BCUT2D eigenvalue weighted by Gasteiger charge is 2.38. The van der Waals surface area contributed by atoms with E-state index in [-0.39, 0.29) is 36.7 Å². The minimum Gasteiger partial charge on any atom is -0.467 e. The Morgan fingerprint density at radius 3 is 2.48 bits per heavy atom. The molecule has 1 saturated carbocycles. The van der Waals surface area contributed by atoms with E-state index in [1.807, 2.05) is 19.2 Å². The van der Waals surface area contributed by atoms with Crippen LogP contribution in [0.4, 0.5) is 0 Å². The van der Waals surface area contributed by atoms with Gasteiger partial charge in [0.05, 0.1) is 31.9 Å². The SMILES string of the molecule is CCOC(=O)CCC(=O)N1CCN(C(C(=O)N(C)Cc2ccco2)C2CCCC2)CC1. The number of carbonyl (C=O) groups is 3. The molecule has 3 rings (SSSR count). The first-order chi connectivity index (χ1) is 15.0. The summed E-state index contributed by atoms with van der Waals surface area (Å²) < 4.78 is 10.3. The number of esters is 1. The van der Waals surface area contributed by atoms with Crippen LogP contribution >= 0.6 is 0 Å². The summed E-state index contributed by atoms with van der Waals surface area (Å²) in [5.74, 6) is 0.911. The van der Waals surface area contributed by atoms with Crippen LogP contribution in [0.2, 0.25) is 0 Å².